The largest absolute Gasteiger partial charge is 0.314 e. The Kier molecular flexibility index (Phi) is 5.12. The standard InChI is InChI=1S/C13H24N4S/c1-14-8-13-15-11(10-18-13)9-17-6-4-12(5-7-17)16(2)3/h10,12,14H,4-9H2,1-3H3. The fraction of sp³-hybridized carbons (Fsp3) is 0.769. The highest BCUT2D eigenvalue weighted by molar-refractivity contribution is 7.09. The van der Waals surface area contributed by atoms with Gasteiger partial charge in [0, 0.05) is 37.6 Å². The number of likely N-dealkylation sites (tertiary alicyclic amines) is 1. The summed E-state index contributed by atoms with van der Waals surface area (Å²) in [5.41, 5.74) is 1.23. The first kappa shape index (κ1) is 13.9. The molecule has 2 heterocycles. The molecular formula is C13H24N4S. The van der Waals surface area contributed by atoms with E-state index in [0.717, 1.165) is 19.1 Å². The fourth-order valence-corrected chi connectivity index (χ4v) is 3.27. The second-order valence-electron chi connectivity index (χ2n) is 5.23. The van der Waals surface area contributed by atoms with E-state index in [2.05, 4.69) is 39.6 Å². The number of hydrogen-bond acceptors (Lipinski definition) is 5. The van der Waals surface area contributed by atoms with Crippen LogP contribution in [0.4, 0.5) is 0 Å². The first-order valence-corrected chi connectivity index (χ1v) is 7.53. The van der Waals surface area contributed by atoms with Crippen molar-refractivity contribution in [3.63, 3.8) is 0 Å². The number of aromatic nitrogens is 1. The van der Waals surface area contributed by atoms with Crippen LogP contribution in [0.3, 0.4) is 0 Å². The quantitative estimate of drug-likeness (QED) is 0.874. The topological polar surface area (TPSA) is 31.4 Å². The molecule has 1 aliphatic rings. The number of piperidine rings is 1. The Bertz CT molecular complexity index is 356. The maximum Gasteiger partial charge on any atom is 0.107 e. The Labute approximate surface area is 114 Å². The van der Waals surface area contributed by atoms with Crippen molar-refractivity contribution in [2.24, 2.45) is 0 Å². The fourth-order valence-electron chi connectivity index (χ4n) is 2.48. The molecule has 0 atom stereocenters. The molecule has 4 nitrogen and oxygen atoms in total. The molecule has 0 saturated carbocycles. The van der Waals surface area contributed by atoms with Gasteiger partial charge < -0.3 is 10.2 Å². The summed E-state index contributed by atoms with van der Waals surface area (Å²) < 4.78 is 0. The van der Waals surface area contributed by atoms with E-state index in [4.69, 9.17) is 0 Å². The van der Waals surface area contributed by atoms with Gasteiger partial charge in [0.2, 0.25) is 0 Å². The Morgan fingerprint density at radius 1 is 1.44 bits per heavy atom. The van der Waals surface area contributed by atoms with Gasteiger partial charge in [0.1, 0.15) is 5.01 Å². The zero-order valence-corrected chi connectivity index (χ0v) is 12.5. The molecule has 1 N–H and O–H groups in total. The van der Waals surface area contributed by atoms with E-state index in [1.807, 2.05) is 7.05 Å². The normalized spacial score (nSPS) is 18.7. The molecule has 1 aliphatic heterocycles. The number of hydrogen-bond donors (Lipinski definition) is 1. The monoisotopic (exact) mass is 268 g/mol. The van der Waals surface area contributed by atoms with Crippen LogP contribution in [0.15, 0.2) is 5.38 Å². The third-order valence-corrected chi connectivity index (χ3v) is 4.50. The molecule has 1 saturated heterocycles. The van der Waals surface area contributed by atoms with Gasteiger partial charge in [-0.1, -0.05) is 0 Å². The summed E-state index contributed by atoms with van der Waals surface area (Å²) >= 11 is 1.76. The molecule has 0 spiro atoms. The summed E-state index contributed by atoms with van der Waals surface area (Å²) in [4.78, 5) is 9.53. The van der Waals surface area contributed by atoms with Crippen LogP contribution in [0.5, 0.6) is 0 Å². The summed E-state index contributed by atoms with van der Waals surface area (Å²) in [6, 6.07) is 0.761. The summed E-state index contributed by atoms with van der Waals surface area (Å²) in [6.45, 7) is 4.29. The molecule has 1 aromatic rings. The average Bonchev–Trinajstić information content (AvgIpc) is 2.78. The lowest BCUT2D eigenvalue weighted by Gasteiger charge is -2.34. The molecule has 2 rings (SSSR count). The van der Waals surface area contributed by atoms with Crippen LogP contribution >= 0.6 is 11.3 Å². The van der Waals surface area contributed by atoms with Crippen molar-refractivity contribution in [1.82, 2.24) is 20.1 Å². The van der Waals surface area contributed by atoms with E-state index < -0.39 is 0 Å². The first-order chi connectivity index (χ1) is 8.69. The van der Waals surface area contributed by atoms with Crippen molar-refractivity contribution in [3.05, 3.63) is 16.1 Å². The van der Waals surface area contributed by atoms with Gasteiger partial charge in [0.15, 0.2) is 0 Å². The van der Waals surface area contributed by atoms with Gasteiger partial charge in [-0.15, -0.1) is 11.3 Å². The van der Waals surface area contributed by atoms with E-state index in [1.54, 1.807) is 11.3 Å². The van der Waals surface area contributed by atoms with E-state index in [0.29, 0.717) is 0 Å². The van der Waals surface area contributed by atoms with E-state index >= 15 is 0 Å². The smallest absolute Gasteiger partial charge is 0.107 e. The number of thiazole rings is 1. The average molecular weight is 268 g/mol. The van der Waals surface area contributed by atoms with Crippen LogP contribution < -0.4 is 5.32 Å². The van der Waals surface area contributed by atoms with E-state index in [9.17, 15) is 0 Å². The Hall–Kier alpha value is -0.490. The van der Waals surface area contributed by atoms with Gasteiger partial charge >= 0.3 is 0 Å². The second-order valence-corrected chi connectivity index (χ2v) is 6.18. The number of nitrogens with one attached hydrogen (secondary N) is 1. The minimum absolute atomic E-state index is 0.761. The van der Waals surface area contributed by atoms with Crippen molar-refractivity contribution < 1.29 is 0 Å². The molecule has 0 aliphatic carbocycles. The Morgan fingerprint density at radius 3 is 2.78 bits per heavy atom. The van der Waals surface area contributed by atoms with E-state index in [-0.39, 0.29) is 0 Å². The zero-order chi connectivity index (χ0) is 13.0. The van der Waals surface area contributed by atoms with Crippen LogP contribution in [-0.4, -0.2) is 55.1 Å². The van der Waals surface area contributed by atoms with Crippen molar-refractivity contribution in [2.75, 3.05) is 34.2 Å². The molecule has 18 heavy (non-hydrogen) atoms. The molecule has 0 bridgehead atoms. The van der Waals surface area contributed by atoms with Gasteiger partial charge in [-0.2, -0.15) is 0 Å². The van der Waals surface area contributed by atoms with Crippen molar-refractivity contribution >= 4 is 11.3 Å². The van der Waals surface area contributed by atoms with Gasteiger partial charge in [0.25, 0.3) is 0 Å². The summed E-state index contributed by atoms with van der Waals surface area (Å²) in [5, 5.41) is 6.54. The number of nitrogens with zero attached hydrogens (tertiary/aromatic N) is 3. The molecule has 1 aromatic heterocycles. The highest BCUT2D eigenvalue weighted by atomic mass is 32.1. The predicted molar refractivity (Wildman–Crippen MR) is 76.9 cm³/mol. The lowest BCUT2D eigenvalue weighted by Crippen LogP contribution is -2.41. The Balaban J connectivity index is 1.80. The van der Waals surface area contributed by atoms with Gasteiger partial charge in [0.05, 0.1) is 5.69 Å². The van der Waals surface area contributed by atoms with Crippen LogP contribution in [0.25, 0.3) is 0 Å². The van der Waals surface area contributed by atoms with Gasteiger partial charge in [-0.25, -0.2) is 4.98 Å². The van der Waals surface area contributed by atoms with Crippen molar-refractivity contribution in [2.45, 2.75) is 32.0 Å². The maximum atomic E-state index is 4.65. The highest BCUT2D eigenvalue weighted by Crippen LogP contribution is 2.17. The summed E-state index contributed by atoms with van der Waals surface area (Å²) in [5.74, 6) is 0. The molecule has 0 radical (unpaired) electrons. The minimum atomic E-state index is 0.761. The molecule has 0 aromatic carbocycles. The van der Waals surface area contributed by atoms with Gasteiger partial charge in [-0.05, 0) is 34.0 Å². The molecule has 0 unspecified atom stereocenters. The van der Waals surface area contributed by atoms with Crippen LogP contribution in [-0.2, 0) is 13.1 Å². The second kappa shape index (κ2) is 6.61. The molecule has 5 heteroatoms. The lowest BCUT2D eigenvalue weighted by molar-refractivity contribution is 0.139. The third-order valence-electron chi connectivity index (χ3n) is 3.60. The summed E-state index contributed by atoms with van der Waals surface area (Å²) in [7, 11) is 6.34. The SMILES string of the molecule is CNCc1nc(CN2CCC(N(C)C)CC2)cs1. The molecule has 102 valence electrons. The predicted octanol–water partition coefficient (Wildman–Crippen LogP) is 1.39. The van der Waals surface area contributed by atoms with Crippen LogP contribution in [0.2, 0.25) is 0 Å². The summed E-state index contributed by atoms with van der Waals surface area (Å²) in [6.07, 6.45) is 2.56. The zero-order valence-electron chi connectivity index (χ0n) is 11.6. The number of rotatable bonds is 5. The molecule has 0 amide bonds. The molecular weight excluding hydrogens is 244 g/mol. The maximum absolute atomic E-state index is 4.65. The van der Waals surface area contributed by atoms with Gasteiger partial charge in [-0.3, -0.25) is 4.90 Å². The minimum Gasteiger partial charge on any atom is -0.314 e. The van der Waals surface area contributed by atoms with E-state index in [1.165, 1.54) is 36.6 Å². The Morgan fingerprint density at radius 2 is 2.17 bits per heavy atom. The molecule has 1 fully saturated rings. The third kappa shape index (κ3) is 3.75. The lowest BCUT2D eigenvalue weighted by atomic mass is 10.0. The first-order valence-electron chi connectivity index (χ1n) is 6.65. The highest BCUT2D eigenvalue weighted by Gasteiger charge is 2.20. The van der Waals surface area contributed by atoms with Crippen molar-refractivity contribution in [3.8, 4) is 0 Å². The van der Waals surface area contributed by atoms with Crippen LogP contribution in [0, 0.1) is 0 Å². The van der Waals surface area contributed by atoms with Crippen molar-refractivity contribution in [1.29, 1.82) is 0 Å². The van der Waals surface area contributed by atoms with Crippen LogP contribution in [0.1, 0.15) is 23.5 Å².